The molecule has 0 saturated carbocycles. The molecule has 74 valence electrons. The van der Waals surface area contributed by atoms with Crippen LogP contribution < -0.4 is 0 Å². The highest BCUT2D eigenvalue weighted by atomic mass is 32.1. The van der Waals surface area contributed by atoms with Crippen LogP contribution in [0.25, 0.3) is 0 Å². The van der Waals surface area contributed by atoms with Crippen molar-refractivity contribution in [2.45, 2.75) is 13.8 Å². The third kappa shape index (κ3) is 2.53. The molecule has 0 fully saturated rings. The van der Waals surface area contributed by atoms with Gasteiger partial charge in [0.15, 0.2) is 5.78 Å². The fraction of sp³-hybridized carbons (Fsp3) is 0.200. The van der Waals surface area contributed by atoms with Crippen molar-refractivity contribution in [1.82, 2.24) is 0 Å². The summed E-state index contributed by atoms with van der Waals surface area (Å²) in [6.45, 7) is 3.75. The Morgan fingerprint density at radius 2 is 2.00 bits per heavy atom. The zero-order chi connectivity index (χ0) is 10.7. The Bertz CT molecular complexity index is 401. The van der Waals surface area contributed by atoms with Crippen molar-refractivity contribution >= 4 is 23.1 Å². The molecule has 4 heteroatoms. The molecule has 0 aromatic carbocycles. The lowest BCUT2D eigenvalue weighted by Gasteiger charge is -1.90. The number of thiophene rings is 1. The molecule has 3 nitrogen and oxygen atoms in total. The van der Waals surface area contributed by atoms with E-state index < -0.39 is 5.97 Å². The number of hydrogen-bond donors (Lipinski definition) is 1. The van der Waals surface area contributed by atoms with Gasteiger partial charge in [0.2, 0.25) is 0 Å². The van der Waals surface area contributed by atoms with Crippen molar-refractivity contribution in [2.75, 3.05) is 0 Å². The number of hydrogen-bond acceptors (Lipinski definition) is 3. The third-order valence-corrected chi connectivity index (χ3v) is 2.81. The molecule has 1 aromatic rings. The van der Waals surface area contributed by atoms with Gasteiger partial charge in [0.05, 0.1) is 4.88 Å². The highest BCUT2D eigenvalue weighted by molar-refractivity contribution is 7.14. The van der Waals surface area contributed by atoms with Gasteiger partial charge in [0.1, 0.15) is 0 Å². The van der Waals surface area contributed by atoms with E-state index in [0.717, 1.165) is 22.6 Å². The average Bonchev–Trinajstić information content (AvgIpc) is 2.41. The summed E-state index contributed by atoms with van der Waals surface area (Å²) in [7, 11) is 0. The van der Waals surface area contributed by atoms with Gasteiger partial charge >= 0.3 is 5.97 Å². The van der Waals surface area contributed by atoms with Crippen LogP contribution in [0.5, 0.6) is 0 Å². The normalized spacial score (nSPS) is 10.7. The monoisotopic (exact) mass is 210 g/mol. The molecule has 0 aliphatic heterocycles. The molecule has 0 radical (unpaired) electrons. The SMILES string of the molecule is Cc1cc(C)c(C(=O)/C=C/C(=O)O)s1. The molecule has 1 N–H and O–H groups in total. The van der Waals surface area contributed by atoms with Crippen LogP contribution in [0.15, 0.2) is 18.2 Å². The second-order valence-electron chi connectivity index (χ2n) is 2.91. The number of rotatable bonds is 3. The highest BCUT2D eigenvalue weighted by Crippen LogP contribution is 2.21. The van der Waals surface area contributed by atoms with Crippen molar-refractivity contribution in [3.63, 3.8) is 0 Å². The second kappa shape index (κ2) is 4.19. The van der Waals surface area contributed by atoms with Gasteiger partial charge in [-0.1, -0.05) is 0 Å². The summed E-state index contributed by atoms with van der Waals surface area (Å²) in [6, 6.07) is 1.91. The zero-order valence-corrected chi connectivity index (χ0v) is 8.72. The summed E-state index contributed by atoms with van der Waals surface area (Å²) in [5.74, 6) is -1.35. The summed E-state index contributed by atoms with van der Waals surface area (Å²) < 4.78 is 0. The largest absolute Gasteiger partial charge is 0.478 e. The highest BCUT2D eigenvalue weighted by Gasteiger charge is 2.09. The number of carboxylic acids is 1. The van der Waals surface area contributed by atoms with E-state index in [1.165, 1.54) is 11.3 Å². The van der Waals surface area contributed by atoms with Crippen LogP contribution in [0, 0.1) is 13.8 Å². The number of allylic oxidation sites excluding steroid dienone is 1. The van der Waals surface area contributed by atoms with Crippen molar-refractivity contribution in [1.29, 1.82) is 0 Å². The average molecular weight is 210 g/mol. The maximum atomic E-state index is 11.4. The number of aryl methyl sites for hydroxylation is 2. The number of carbonyl (C=O) groups is 2. The lowest BCUT2D eigenvalue weighted by molar-refractivity contribution is -0.131. The molecule has 0 amide bonds. The summed E-state index contributed by atoms with van der Waals surface area (Å²) in [4.78, 5) is 23.3. The van der Waals surface area contributed by atoms with E-state index in [9.17, 15) is 9.59 Å². The van der Waals surface area contributed by atoms with E-state index in [1.807, 2.05) is 19.9 Å². The molecule has 0 saturated heterocycles. The third-order valence-electron chi connectivity index (χ3n) is 1.64. The lowest BCUT2D eigenvalue weighted by atomic mass is 10.2. The maximum absolute atomic E-state index is 11.4. The number of carbonyl (C=O) groups excluding carboxylic acids is 1. The molecule has 1 aromatic heterocycles. The van der Waals surface area contributed by atoms with Gasteiger partial charge in [-0.15, -0.1) is 11.3 Å². The Hall–Kier alpha value is -1.42. The molecule has 1 heterocycles. The van der Waals surface area contributed by atoms with Crippen LogP contribution >= 0.6 is 11.3 Å². The second-order valence-corrected chi connectivity index (χ2v) is 4.16. The van der Waals surface area contributed by atoms with Gasteiger partial charge in [-0.25, -0.2) is 4.79 Å². The summed E-state index contributed by atoms with van der Waals surface area (Å²) in [6.07, 6.45) is 1.94. The first kappa shape index (κ1) is 10.7. The molecular formula is C10H10O3S. The Kier molecular flexibility index (Phi) is 3.19. The Labute approximate surface area is 85.7 Å². The smallest absolute Gasteiger partial charge is 0.328 e. The quantitative estimate of drug-likeness (QED) is 0.614. The summed E-state index contributed by atoms with van der Waals surface area (Å²) >= 11 is 1.38. The summed E-state index contributed by atoms with van der Waals surface area (Å²) in [5, 5.41) is 8.35. The molecular weight excluding hydrogens is 200 g/mol. The maximum Gasteiger partial charge on any atom is 0.328 e. The van der Waals surface area contributed by atoms with Crippen LogP contribution in [-0.2, 0) is 4.79 Å². The minimum Gasteiger partial charge on any atom is -0.478 e. The number of aliphatic carboxylic acids is 1. The fourth-order valence-electron chi connectivity index (χ4n) is 1.11. The molecule has 0 aliphatic carbocycles. The molecule has 0 aliphatic rings. The molecule has 0 spiro atoms. The van der Waals surface area contributed by atoms with Gasteiger partial charge in [0.25, 0.3) is 0 Å². The first-order chi connectivity index (χ1) is 6.50. The van der Waals surface area contributed by atoms with Crippen molar-refractivity contribution < 1.29 is 14.7 Å². The van der Waals surface area contributed by atoms with Crippen LogP contribution in [0.4, 0.5) is 0 Å². The zero-order valence-electron chi connectivity index (χ0n) is 7.90. The molecule has 0 bridgehead atoms. The van der Waals surface area contributed by atoms with Crippen molar-refractivity contribution in [3.8, 4) is 0 Å². The molecule has 0 unspecified atom stereocenters. The Balaban J connectivity index is 2.90. The van der Waals surface area contributed by atoms with E-state index in [-0.39, 0.29) is 5.78 Å². The van der Waals surface area contributed by atoms with Crippen LogP contribution in [-0.4, -0.2) is 16.9 Å². The fourth-order valence-corrected chi connectivity index (χ4v) is 2.05. The van der Waals surface area contributed by atoms with Crippen LogP contribution in [0.2, 0.25) is 0 Å². The summed E-state index contributed by atoms with van der Waals surface area (Å²) in [5.41, 5.74) is 0.896. The first-order valence-corrected chi connectivity index (χ1v) is 4.84. The van der Waals surface area contributed by atoms with E-state index in [4.69, 9.17) is 5.11 Å². The van der Waals surface area contributed by atoms with Crippen LogP contribution in [0.1, 0.15) is 20.1 Å². The number of ketones is 1. The van der Waals surface area contributed by atoms with Gasteiger partial charge in [0, 0.05) is 11.0 Å². The van der Waals surface area contributed by atoms with Gasteiger partial charge < -0.3 is 5.11 Å². The lowest BCUT2D eigenvalue weighted by Crippen LogP contribution is -1.95. The molecule has 1 rings (SSSR count). The molecule has 14 heavy (non-hydrogen) atoms. The topological polar surface area (TPSA) is 54.4 Å². The van der Waals surface area contributed by atoms with E-state index in [2.05, 4.69) is 0 Å². The molecule has 0 atom stereocenters. The first-order valence-electron chi connectivity index (χ1n) is 4.03. The predicted molar refractivity (Wildman–Crippen MR) is 54.9 cm³/mol. The Morgan fingerprint density at radius 1 is 1.36 bits per heavy atom. The van der Waals surface area contributed by atoms with Crippen LogP contribution in [0.3, 0.4) is 0 Å². The van der Waals surface area contributed by atoms with Gasteiger partial charge in [-0.2, -0.15) is 0 Å². The predicted octanol–water partition coefficient (Wildman–Crippen LogP) is 2.19. The standard InChI is InChI=1S/C10H10O3S/c1-6-5-7(2)14-10(6)8(11)3-4-9(12)13/h3-5H,1-2H3,(H,12,13)/b4-3+. The Morgan fingerprint density at radius 3 is 2.43 bits per heavy atom. The van der Waals surface area contributed by atoms with E-state index in [0.29, 0.717) is 4.88 Å². The number of carboxylic acid groups (broad SMARTS) is 1. The van der Waals surface area contributed by atoms with Crippen molar-refractivity contribution in [2.24, 2.45) is 0 Å². The van der Waals surface area contributed by atoms with E-state index in [1.54, 1.807) is 0 Å². The minimum absolute atomic E-state index is 0.247. The minimum atomic E-state index is -1.11. The van der Waals surface area contributed by atoms with Crippen molar-refractivity contribution in [3.05, 3.63) is 33.5 Å². The van der Waals surface area contributed by atoms with Gasteiger partial charge in [-0.3, -0.25) is 4.79 Å². The van der Waals surface area contributed by atoms with Gasteiger partial charge in [-0.05, 0) is 31.6 Å². The van der Waals surface area contributed by atoms with E-state index >= 15 is 0 Å².